The molecule has 5 heteroatoms. The normalized spacial score (nSPS) is 18.6. The monoisotopic (exact) mass is 604 g/mol. The van der Waals surface area contributed by atoms with Crippen LogP contribution in [0, 0.1) is 0 Å². The quantitative estimate of drug-likeness (QED) is 0.366. The minimum atomic E-state index is -2.65. The number of halogens is 4. The van der Waals surface area contributed by atoms with Crippen LogP contribution in [0.5, 0.6) is 0 Å². The van der Waals surface area contributed by atoms with Gasteiger partial charge in [-0.15, -0.1) is 0 Å². The molecule has 2 aromatic rings. The van der Waals surface area contributed by atoms with E-state index in [-0.39, 0.29) is 0 Å². The summed E-state index contributed by atoms with van der Waals surface area (Å²) in [5.41, 5.74) is 2.28. The van der Waals surface area contributed by atoms with Crippen molar-refractivity contribution in [2.75, 3.05) is 0 Å². The zero-order chi connectivity index (χ0) is 15.0. The van der Waals surface area contributed by atoms with Crippen LogP contribution in [-0.2, 0) is 0 Å². The maximum atomic E-state index is 6.52. The Morgan fingerprint density at radius 3 is 2.24 bits per heavy atom. The van der Waals surface area contributed by atoms with Crippen molar-refractivity contribution in [1.29, 1.82) is 0 Å². The molecule has 2 aromatic carbocycles. The van der Waals surface area contributed by atoms with E-state index in [4.69, 9.17) is 11.6 Å². The van der Waals surface area contributed by atoms with Crippen LogP contribution in [-0.4, -0.2) is 13.8 Å². The van der Waals surface area contributed by atoms with Crippen molar-refractivity contribution < 1.29 is 0 Å². The van der Waals surface area contributed by atoms with Crippen molar-refractivity contribution in [2.24, 2.45) is 0 Å². The van der Waals surface area contributed by atoms with E-state index in [0.717, 1.165) is 15.1 Å². The van der Waals surface area contributed by atoms with Crippen molar-refractivity contribution in [1.82, 2.24) is 0 Å². The molecule has 0 nitrogen and oxygen atoms in total. The average molecular weight is 605 g/mol. The maximum absolute atomic E-state index is 6.52. The second-order valence-electron chi connectivity index (χ2n) is 4.50. The fourth-order valence-electron chi connectivity index (χ4n) is 2.17. The van der Waals surface area contributed by atoms with E-state index in [2.05, 4.69) is 71.8 Å². The predicted molar refractivity (Wildman–Crippen MR) is 106 cm³/mol. The molecule has 21 heavy (non-hydrogen) atoms. The van der Waals surface area contributed by atoms with Gasteiger partial charge in [-0.1, -0.05) is 0 Å². The Kier molecular flexibility index (Phi) is 5.06. The van der Waals surface area contributed by atoms with Gasteiger partial charge >= 0.3 is 155 Å². The Bertz CT molecular complexity index is 751. The van der Waals surface area contributed by atoms with Gasteiger partial charge in [0.05, 0.1) is 0 Å². The van der Waals surface area contributed by atoms with Crippen LogP contribution in [0.4, 0.5) is 0 Å². The molecule has 1 heterocycles. The van der Waals surface area contributed by atoms with Gasteiger partial charge in [-0.25, -0.2) is 0 Å². The summed E-state index contributed by atoms with van der Waals surface area (Å²) < 4.78 is 3.73. The van der Waals surface area contributed by atoms with Crippen molar-refractivity contribution in [2.45, 2.75) is 0 Å². The Balaban J connectivity index is 2.10. The first-order valence-corrected chi connectivity index (χ1v) is 20.1. The first kappa shape index (κ1) is 16.3. The molecule has 0 atom stereocenters. The van der Waals surface area contributed by atoms with Crippen molar-refractivity contribution in [3.63, 3.8) is 0 Å². The van der Waals surface area contributed by atoms with E-state index in [9.17, 15) is 0 Å². The van der Waals surface area contributed by atoms with Crippen LogP contribution < -0.4 is 3.61 Å². The molecule has 0 bridgehead atoms. The molecule has 0 aromatic heterocycles. The van der Waals surface area contributed by atoms with Gasteiger partial charge < -0.3 is 0 Å². The van der Waals surface area contributed by atoms with Gasteiger partial charge in [-0.2, -0.15) is 0 Å². The summed E-state index contributed by atoms with van der Waals surface area (Å²) in [5.74, 6) is 0. The Morgan fingerprint density at radius 2 is 1.57 bits per heavy atom. The van der Waals surface area contributed by atoms with Crippen molar-refractivity contribution in [3.8, 4) is 0 Å². The van der Waals surface area contributed by atoms with Crippen LogP contribution in [0.15, 0.2) is 64.3 Å². The topological polar surface area (TPSA) is 0 Å². The van der Waals surface area contributed by atoms with Gasteiger partial charge in [0.2, 0.25) is 0 Å². The Labute approximate surface area is 153 Å². The summed E-state index contributed by atoms with van der Waals surface area (Å²) in [5, 5.41) is 0.755. The summed E-state index contributed by atoms with van der Waals surface area (Å²) in [6, 6.07) is 18.5. The SMILES string of the molecule is Cl/C(=C\C1=C(Br)c2ccccc2[Te]1(Br)Br)c1ccccc1. The van der Waals surface area contributed by atoms with Gasteiger partial charge in [0, 0.05) is 0 Å². The van der Waals surface area contributed by atoms with E-state index < -0.39 is 13.8 Å². The van der Waals surface area contributed by atoms with Crippen molar-refractivity contribution >= 4 is 79.9 Å². The molecule has 0 spiro atoms. The number of hydrogen-bond donors (Lipinski definition) is 0. The van der Waals surface area contributed by atoms with Crippen LogP contribution in [0.3, 0.4) is 0 Å². The molecule has 108 valence electrons. The first-order chi connectivity index (χ1) is 10.0. The molecule has 0 unspecified atom stereocenters. The summed E-state index contributed by atoms with van der Waals surface area (Å²) in [7, 11) is 0. The fraction of sp³-hybridized carbons (Fsp3) is 0. The second-order valence-corrected chi connectivity index (χ2v) is 29.7. The number of rotatable bonds is 2. The minimum absolute atomic E-state index is 0.755. The molecule has 0 N–H and O–H groups in total. The number of fused-ring (bicyclic) bond motifs is 1. The van der Waals surface area contributed by atoms with E-state index >= 15 is 0 Å². The molecule has 1 aliphatic rings. The predicted octanol–water partition coefficient (Wildman–Crippen LogP) is 6.06. The summed E-state index contributed by atoms with van der Waals surface area (Å²) in [4.78, 5) is 0. The van der Waals surface area contributed by atoms with Crippen LogP contribution >= 0.6 is 53.0 Å². The fourth-order valence-corrected chi connectivity index (χ4v) is 19.6. The zero-order valence-electron chi connectivity index (χ0n) is 10.7. The second kappa shape index (κ2) is 6.51. The third-order valence-corrected chi connectivity index (χ3v) is 19.6. The standard InChI is InChI=1S/C16H10Br3ClTe/c17-16-12-8-4-5-9-14(12)21(18,19)15(16)10-13(20)11-6-2-1-3-7-11/h1-10H/b13-10-. The van der Waals surface area contributed by atoms with Gasteiger partial charge in [0.1, 0.15) is 0 Å². The number of allylic oxidation sites excluding steroid dienone is 2. The summed E-state index contributed by atoms with van der Waals surface area (Å²) >= 11 is 15.5. The van der Waals surface area contributed by atoms with E-state index in [1.807, 2.05) is 30.3 Å². The van der Waals surface area contributed by atoms with Crippen molar-refractivity contribution in [3.05, 3.63) is 75.4 Å². The molecule has 0 saturated carbocycles. The van der Waals surface area contributed by atoms with E-state index in [1.54, 1.807) is 0 Å². The molecular formula is C16H10Br3ClTe. The first-order valence-electron chi connectivity index (χ1n) is 6.16. The molecule has 1 aliphatic heterocycles. The third kappa shape index (κ3) is 3.09. The van der Waals surface area contributed by atoms with Crippen LogP contribution in [0.2, 0.25) is 0 Å². The Morgan fingerprint density at radius 1 is 0.952 bits per heavy atom. The van der Waals surface area contributed by atoms with Gasteiger partial charge in [-0.3, -0.25) is 0 Å². The molecule has 0 fully saturated rings. The summed E-state index contributed by atoms with van der Waals surface area (Å²) in [6.07, 6.45) is 2.07. The summed E-state index contributed by atoms with van der Waals surface area (Å²) in [6.45, 7) is 0. The average Bonchev–Trinajstić information content (AvgIpc) is 2.70. The van der Waals surface area contributed by atoms with Gasteiger partial charge in [-0.05, 0) is 0 Å². The zero-order valence-corrected chi connectivity index (χ0v) is 18.5. The molecule has 0 amide bonds. The van der Waals surface area contributed by atoms with Crippen LogP contribution in [0.25, 0.3) is 9.51 Å². The molecular weight excluding hydrogens is 595 g/mol. The third-order valence-electron chi connectivity index (χ3n) is 3.20. The Hall–Kier alpha value is 0.440. The van der Waals surface area contributed by atoms with Gasteiger partial charge in [0.25, 0.3) is 0 Å². The van der Waals surface area contributed by atoms with E-state index in [0.29, 0.717) is 0 Å². The molecule has 0 aliphatic carbocycles. The molecule has 0 radical (unpaired) electrons. The van der Waals surface area contributed by atoms with Crippen LogP contribution in [0.1, 0.15) is 11.1 Å². The number of benzene rings is 2. The van der Waals surface area contributed by atoms with Gasteiger partial charge in [0.15, 0.2) is 0 Å². The molecule has 3 rings (SSSR count). The molecule has 0 saturated heterocycles. The van der Waals surface area contributed by atoms with E-state index in [1.165, 1.54) is 12.8 Å². The number of hydrogen-bond acceptors (Lipinski definition) is 0.